The van der Waals surface area contributed by atoms with Gasteiger partial charge in [-0.2, -0.15) is 0 Å². The molecular formula is C11H15FN2O2S. The van der Waals surface area contributed by atoms with Crippen LogP contribution < -0.4 is 5.73 Å². The van der Waals surface area contributed by atoms with E-state index >= 15 is 0 Å². The lowest BCUT2D eigenvalue weighted by atomic mass is 10.3. The van der Waals surface area contributed by atoms with Crippen molar-refractivity contribution < 1.29 is 12.8 Å². The van der Waals surface area contributed by atoms with Crippen LogP contribution in [0.3, 0.4) is 0 Å². The van der Waals surface area contributed by atoms with Crippen LogP contribution in [0.2, 0.25) is 0 Å². The Hall–Kier alpha value is -1.14. The summed E-state index contributed by atoms with van der Waals surface area (Å²) in [4.78, 5) is -0.0259. The van der Waals surface area contributed by atoms with Crippen molar-refractivity contribution in [1.82, 2.24) is 4.31 Å². The largest absolute Gasteiger partial charge is 0.398 e. The van der Waals surface area contributed by atoms with E-state index in [2.05, 4.69) is 0 Å². The molecule has 2 N–H and O–H groups in total. The minimum atomic E-state index is -3.60. The van der Waals surface area contributed by atoms with Gasteiger partial charge >= 0.3 is 0 Å². The minimum Gasteiger partial charge on any atom is -0.398 e. The summed E-state index contributed by atoms with van der Waals surface area (Å²) in [6.45, 7) is 0.499. The van der Waals surface area contributed by atoms with Crippen molar-refractivity contribution in [2.24, 2.45) is 5.92 Å². The van der Waals surface area contributed by atoms with Gasteiger partial charge in [-0.05, 0) is 37.0 Å². The van der Waals surface area contributed by atoms with E-state index in [-0.39, 0.29) is 10.6 Å². The maximum atomic E-state index is 12.9. The molecule has 1 aliphatic carbocycles. The second-order valence-corrected chi connectivity index (χ2v) is 6.42. The highest BCUT2D eigenvalue weighted by Crippen LogP contribution is 2.31. The number of hydrogen-bond donors (Lipinski definition) is 1. The topological polar surface area (TPSA) is 63.4 Å². The summed E-state index contributed by atoms with van der Waals surface area (Å²) >= 11 is 0. The zero-order valence-electron chi connectivity index (χ0n) is 9.56. The van der Waals surface area contributed by atoms with Crippen LogP contribution in [-0.2, 0) is 10.0 Å². The van der Waals surface area contributed by atoms with E-state index in [1.807, 2.05) is 0 Å². The van der Waals surface area contributed by atoms with Crippen LogP contribution in [0.25, 0.3) is 0 Å². The number of sulfonamides is 1. The summed E-state index contributed by atoms with van der Waals surface area (Å²) in [6, 6.07) is 3.34. The second kappa shape index (κ2) is 4.27. The molecule has 0 aromatic heterocycles. The lowest BCUT2D eigenvalue weighted by Gasteiger charge is -2.17. The molecule has 1 aromatic rings. The fourth-order valence-corrected chi connectivity index (χ4v) is 3.02. The van der Waals surface area contributed by atoms with Crippen molar-refractivity contribution in [2.75, 3.05) is 19.3 Å². The average molecular weight is 258 g/mol. The Morgan fingerprint density at radius 2 is 2.12 bits per heavy atom. The first-order chi connectivity index (χ1) is 7.91. The van der Waals surface area contributed by atoms with Crippen LogP contribution in [0.1, 0.15) is 12.8 Å². The molecule has 94 valence electrons. The summed E-state index contributed by atoms with van der Waals surface area (Å²) in [5.41, 5.74) is 5.50. The highest BCUT2D eigenvalue weighted by atomic mass is 32.2. The third-order valence-corrected chi connectivity index (χ3v) is 4.77. The molecule has 17 heavy (non-hydrogen) atoms. The molecule has 0 unspecified atom stereocenters. The van der Waals surface area contributed by atoms with Crippen molar-refractivity contribution in [2.45, 2.75) is 17.7 Å². The zero-order valence-corrected chi connectivity index (χ0v) is 10.4. The van der Waals surface area contributed by atoms with Crippen molar-refractivity contribution >= 4 is 15.7 Å². The van der Waals surface area contributed by atoms with Gasteiger partial charge in [0, 0.05) is 13.6 Å². The number of nitrogen functional groups attached to an aromatic ring is 1. The summed E-state index contributed by atoms with van der Waals surface area (Å²) < 4.78 is 38.5. The van der Waals surface area contributed by atoms with Gasteiger partial charge in [-0.1, -0.05) is 0 Å². The monoisotopic (exact) mass is 258 g/mol. The quantitative estimate of drug-likeness (QED) is 0.831. The van der Waals surface area contributed by atoms with E-state index in [1.54, 1.807) is 0 Å². The fourth-order valence-electron chi connectivity index (χ4n) is 1.68. The number of halogens is 1. The Bertz CT molecular complexity index is 526. The lowest BCUT2D eigenvalue weighted by Crippen LogP contribution is -2.29. The molecule has 0 bridgehead atoms. The average Bonchev–Trinajstić information content (AvgIpc) is 3.00. The van der Waals surface area contributed by atoms with Crippen molar-refractivity contribution in [3.8, 4) is 0 Å². The van der Waals surface area contributed by atoms with Gasteiger partial charge in [-0.3, -0.25) is 0 Å². The smallest absolute Gasteiger partial charge is 0.244 e. The molecule has 0 atom stereocenters. The van der Waals surface area contributed by atoms with Crippen LogP contribution in [0.4, 0.5) is 10.1 Å². The first kappa shape index (κ1) is 12.3. The van der Waals surface area contributed by atoms with Gasteiger partial charge in [0.2, 0.25) is 10.0 Å². The zero-order chi connectivity index (χ0) is 12.6. The summed E-state index contributed by atoms with van der Waals surface area (Å²) in [7, 11) is -2.08. The van der Waals surface area contributed by atoms with E-state index in [0.29, 0.717) is 12.5 Å². The Kier molecular flexibility index (Phi) is 3.09. The highest BCUT2D eigenvalue weighted by molar-refractivity contribution is 7.89. The second-order valence-electron chi connectivity index (χ2n) is 4.41. The molecule has 1 fully saturated rings. The lowest BCUT2D eigenvalue weighted by molar-refractivity contribution is 0.453. The molecule has 1 saturated carbocycles. The van der Waals surface area contributed by atoms with Crippen LogP contribution >= 0.6 is 0 Å². The van der Waals surface area contributed by atoms with Gasteiger partial charge in [-0.15, -0.1) is 0 Å². The summed E-state index contributed by atoms with van der Waals surface area (Å²) in [5.74, 6) is -0.0808. The van der Waals surface area contributed by atoms with Crippen molar-refractivity contribution in [3.63, 3.8) is 0 Å². The Labute approximate surface area is 100 Å². The minimum absolute atomic E-state index is 0.0259. The van der Waals surface area contributed by atoms with Crippen LogP contribution in [0, 0.1) is 11.7 Å². The van der Waals surface area contributed by atoms with E-state index < -0.39 is 15.8 Å². The van der Waals surface area contributed by atoms with E-state index in [1.165, 1.54) is 17.4 Å². The number of nitrogens with zero attached hydrogens (tertiary/aromatic N) is 1. The molecule has 0 spiro atoms. The molecular weight excluding hydrogens is 243 g/mol. The third kappa shape index (κ3) is 2.58. The molecule has 1 aliphatic rings. The molecule has 1 aromatic carbocycles. The number of benzene rings is 1. The van der Waals surface area contributed by atoms with E-state index in [4.69, 9.17) is 5.73 Å². The van der Waals surface area contributed by atoms with Crippen LogP contribution in [0.15, 0.2) is 23.1 Å². The molecule has 0 saturated heterocycles. The van der Waals surface area contributed by atoms with Crippen LogP contribution in [-0.4, -0.2) is 26.3 Å². The van der Waals surface area contributed by atoms with E-state index in [9.17, 15) is 12.8 Å². The Morgan fingerprint density at radius 1 is 1.47 bits per heavy atom. The molecule has 0 heterocycles. The number of hydrogen-bond acceptors (Lipinski definition) is 3. The SMILES string of the molecule is CN(CC1CC1)S(=O)(=O)c1ccc(F)cc1N. The standard InChI is InChI=1S/C11H15FN2O2S/c1-14(7-8-2-3-8)17(15,16)11-5-4-9(12)6-10(11)13/h4-6,8H,2-3,7,13H2,1H3. The third-order valence-electron chi connectivity index (χ3n) is 2.87. The molecule has 6 heteroatoms. The molecule has 0 aliphatic heterocycles. The normalized spacial score (nSPS) is 16.4. The molecule has 0 amide bonds. The predicted molar refractivity (Wildman–Crippen MR) is 63.4 cm³/mol. The van der Waals surface area contributed by atoms with E-state index in [0.717, 1.165) is 25.0 Å². The molecule has 2 rings (SSSR count). The maximum absolute atomic E-state index is 12.9. The Balaban J connectivity index is 2.29. The molecule has 4 nitrogen and oxygen atoms in total. The Morgan fingerprint density at radius 3 is 2.65 bits per heavy atom. The highest BCUT2D eigenvalue weighted by Gasteiger charge is 2.30. The van der Waals surface area contributed by atoms with Gasteiger partial charge in [0.15, 0.2) is 0 Å². The number of rotatable bonds is 4. The first-order valence-electron chi connectivity index (χ1n) is 5.42. The van der Waals surface area contributed by atoms with Crippen molar-refractivity contribution in [3.05, 3.63) is 24.0 Å². The first-order valence-corrected chi connectivity index (χ1v) is 6.86. The number of nitrogens with two attached hydrogens (primary N) is 1. The van der Waals surface area contributed by atoms with Gasteiger partial charge < -0.3 is 5.73 Å². The van der Waals surface area contributed by atoms with Crippen molar-refractivity contribution in [1.29, 1.82) is 0 Å². The van der Waals surface area contributed by atoms with Gasteiger partial charge in [0.25, 0.3) is 0 Å². The fraction of sp³-hybridized carbons (Fsp3) is 0.455. The van der Waals surface area contributed by atoms with Crippen LogP contribution in [0.5, 0.6) is 0 Å². The summed E-state index contributed by atoms with van der Waals surface area (Å²) in [5, 5.41) is 0. The van der Waals surface area contributed by atoms with Gasteiger partial charge in [0.1, 0.15) is 10.7 Å². The summed E-state index contributed by atoms with van der Waals surface area (Å²) in [6.07, 6.45) is 2.14. The van der Waals surface area contributed by atoms with Gasteiger partial charge in [0.05, 0.1) is 5.69 Å². The predicted octanol–water partition coefficient (Wildman–Crippen LogP) is 1.44. The van der Waals surface area contributed by atoms with Gasteiger partial charge in [-0.25, -0.2) is 17.1 Å². The molecule has 0 radical (unpaired) electrons. The number of anilines is 1. The maximum Gasteiger partial charge on any atom is 0.244 e.